The predicted molar refractivity (Wildman–Crippen MR) is 87.9 cm³/mol. The highest BCUT2D eigenvalue weighted by molar-refractivity contribution is 9.10. The van der Waals surface area contributed by atoms with Crippen molar-refractivity contribution in [3.63, 3.8) is 0 Å². The third-order valence-electron chi connectivity index (χ3n) is 4.02. The van der Waals surface area contributed by atoms with E-state index in [2.05, 4.69) is 28.1 Å². The maximum atomic E-state index is 12.6. The lowest BCUT2D eigenvalue weighted by Crippen LogP contribution is -2.51. The number of carbonyl (C=O) groups excluding carboxylic acids is 1. The highest BCUT2D eigenvalue weighted by atomic mass is 79.9. The molecule has 1 aromatic rings. The fourth-order valence-corrected chi connectivity index (χ4v) is 3.71. The second-order valence-corrected chi connectivity index (χ2v) is 8.03. The van der Waals surface area contributed by atoms with E-state index in [0.29, 0.717) is 6.54 Å². The van der Waals surface area contributed by atoms with E-state index < -0.39 is 5.60 Å². The molecule has 22 heavy (non-hydrogen) atoms. The van der Waals surface area contributed by atoms with Gasteiger partial charge in [0.2, 0.25) is 0 Å². The lowest BCUT2D eigenvalue weighted by molar-refractivity contribution is -0.106. The van der Waals surface area contributed by atoms with Gasteiger partial charge in [0.15, 0.2) is 0 Å². The highest BCUT2D eigenvalue weighted by Gasteiger charge is 2.45. The molecule has 1 aromatic carbocycles. The second-order valence-electron chi connectivity index (χ2n) is 7.11. The number of halogens is 1. The van der Waals surface area contributed by atoms with Gasteiger partial charge in [0.25, 0.3) is 0 Å². The molecule has 3 atom stereocenters. The molecule has 1 saturated heterocycles. The number of amides is 1. The first kappa shape index (κ1) is 15.8. The minimum atomic E-state index is -0.491. The summed E-state index contributed by atoms with van der Waals surface area (Å²) in [5, 5.41) is 0. The molecule has 1 aliphatic carbocycles. The van der Waals surface area contributed by atoms with E-state index in [4.69, 9.17) is 9.47 Å². The van der Waals surface area contributed by atoms with Crippen LogP contribution in [0.4, 0.5) is 4.79 Å². The van der Waals surface area contributed by atoms with Gasteiger partial charge in [0.05, 0.1) is 24.8 Å². The molecule has 4 nitrogen and oxygen atoms in total. The number of hydrogen-bond acceptors (Lipinski definition) is 3. The van der Waals surface area contributed by atoms with Gasteiger partial charge < -0.3 is 9.47 Å². The van der Waals surface area contributed by atoms with Gasteiger partial charge in [-0.05, 0) is 51.0 Å². The van der Waals surface area contributed by atoms with Crippen LogP contribution in [-0.2, 0) is 15.9 Å². The van der Waals surface area contributed by atoms with Crippen LogP contribution in [0.5, 0.6) is 0 Å². The molecule has 0 saturated carbocycles. The number of rotatable bonds is 0. The first-order valence-electron chi connectivity index (χ1n) is 7.68. The Bertz CT molecular complexity index is 596. The van der Waals surface area contributed by atoms with Gasteiger partial charge in [-0.1, -0.05) is 22.0 Å². The summed E-state index contributed by atoms with van der Waals surface area (Å²) in [4.78, 5) is 14.5. The number of benzene rings is 1. The van der Waals surface area contributed by atoms with E-state index in [-0.39, 0.29) is 24.3 Å². The monoisotopic (exact) mass is 367 g/mol. The van der Waals surface area contributed by atoms with Crippen molar-refractivity contribution in [1.82, 2.24) is 4.90 Å². The Morgan fingerprint density at radius 2 is 2.14 bits per heavy atom. The SMILES string of the molecule is C[C@H]1CN(C(=O)OC(C)(C)C)[C@H]2c3ccc(Br)cc3C[C@H]2O1. The third-order valence-corrected chi connectivity index (χ3v) is 4.51. The van der Waals surface area contributed by atoms with Crippen LogP contribution in [0.15, 0.2) is 22.7 Å². The molecule has 1 fully saturated rings. The number of morpholine rings is 1. The first-order chi connectivity index (χ1) is 10.2. The van der Waals surface area contributed by atoms with Crippen LogP contribution >= 0.6 is 15.9 Å². The Morgan fingerprint density at radius 1 is 1.41 bits per heavy atom. The van der Waals surface area contributed by atoms with Crippen LogP contribution in [0.25, 0.3) is 0 Å². The summed E-state index contributed by atoms with van der Waals surface area (Å²) in [7, 11) is 0. The Morgan fingerprint density at radius 3 is 2.82 bits per heavy atom. The Hall–Kier alpha value is -1.07. The van der Waals surface area contributed by atoms with Crippen LogP contribution in [-0.4, -0.2) is 35.3 Å². The van der Waals surface area contributed by atoms with Gasteiger partial charge in [0, 0.05) is 10.9 Å². The molecule has 1 amide bonds. The number of hydrogen-bond donors (Lipinski definition) is 0. The van der Waals surface area contributed by atoms with E-state index in [0.717, 1.165) is 10.9 Å². The molecule has 3 rings (SSSR count). The molecule has 2 aliphatic rings. The lowest BCUT2D eigenvalue weighted by atomic mass is 10.0. The van der Waals surface area contributed by atoms with Gasteiger partial charge in [-0.25, -0.2) is 4.79 Å². The van der Waals surface area contributed by atoms with Crippen molar-refractivity contribution in [2.75, 3.05) is 6.54 Å². The Labute approximate surface area is 139 Å². The summed E-state index contributed by atoms with van der Waals surface area (Å²) >= 11 is 3.51. The molecule has 120 valence electrons. The molecule has 0 aromatic heterocycles. The van der Waals surface area contributed by atoms with E-state index in [1.54, 1.807) is 0 Å². The maximum absolute atomic E-state index is 12.6. The highest BCUT2D eigenvalue weighted by Crippen LogP contribution is 2.42. The topological polar surface area (TPSA) is 38.8 Å². The van der Waals surface area contributed by atoms with Crippen molar-refractivity contribution in [3.05, 3.63) is 33.8 Å². The first-order valence-corrected chi connectivity index (χ1v) is 8.47. The van der Waals surface area contributed by atoms with Crippen molar-refractivity contribution < 1.29 is 14.3 Å². The molecule has 0 spiro atoms. The van der Waals surface area contributed by atoms with Crippen LogP contribution in [0.1, 0.15) is 44.9 Å². The summed E-state index contributed by atoms with van der Waals surface area (Å²) in [5.74, 6) is 0. The van der Waals surface area contributed by atoms with E-state index in [1.807, 2.05) is 38.7 Å². The lowest BCUT2D eigenvalue weighted by Gasteiger charge is -2.41. The van der Waals surface area contributed by atoms with Crippen molar-refractivity contribution in [1.29, 1.82) is 0 Å². The van der Waals surface area contributed by atoms with E-state index in [9.17, 15) is 4.79 Å². The zero-order chi connectivity index (χ0) is 16.1. The molecule has 0 radical (unpaired) electrons. The average Bonchev–Trinajstić information content (AvgIpc) is 2.72. The fraction of sp³-hybridized carbons (Fsp3) is 0.588. The molecule has 1 heterocycles. The normalized spacial score (nSPS) is 27.3. The predicted octanol–water partition coefficient (Wildman–Crippen LogP) is 4.07. The van der Waals surface area contributed by atoms with Crippen LogP contribution in [0.3, 0.4) is 0 Å². The summed E-state index contributed by atoms with van der Waals surface area (Å²) in [6.45, 7) is 8.25. The number of ether oxygens (including phenoxy) is 2. The second kappa shape index (κ2) is 5.53. The molecule has 0 unspecified atom stereocenters. The van der Waals surface area contributed by atoms with Gasteiger partial charge >= 0.3 is 6.09 Å². The molecule has 5 heteroatoms. The van der Waals surface area contributed by atoms with Crippen LogP contribution in [0, 0.1) is 0 Å². The van der Waals surface area contributed by atoms with Crippen LogP contribution in [0.2, 0.25) is 0 Å². The van der Waals surface area contributed by atoms with Gasteiger partial charge in [-0.3, -0.25) is 4.90 Å². The minimum Gasteiger partial charge on any atom is -0.444 e. The zero-order valence-electron chi connectivity index (χ0n) is 13.4. The smallest absolute Gasteiger partial charge is 0.410 e. The Kier molecular flexibility index (Phi) is 3.98. The van der Waals surface area contributed by atoms with Crippen molar-refractivity contribution >= 4 is 22.0 Å². The molecular formula is C17H22BrNO3. The summed E-state index contributed by atoms with van der Waals surface area (Å²) < 4.78 is 12.7. The Balaban J connectivity index is 1.92. The minimum absolute atomic E-state index is 0.0144. The van der Waals surface area contributed by atoms with Crippen molar-refractivity contribution in [2.45, 2.75) is 58.0 Å². The van der Waals surface area contributed by atoms with Gasteiger partial charge in [-0.15, -0.1) is 0 Å². The van der Waals surface area contributed by atoms with Crippen LogP contribution < -0.4 is 0 Å². The number of nitrogens with zero attached hydrogens (tertiary/aromatic N) is 1. The maximum Gasteiger partial charge on any atom is 0.410 e. The quantitative estimate of drug-likeness (QED) is 0.693. The standard InChI is InChI=1S/C17H22BrNO3/c1-10-9-19(16(20)22-17(2,3)4)15-13-6-5-12(18)7-11(13)8-14(15)21-10/h5-7,10,14-15H,8-9H2,1-4H3/t10-,14+,15-/m0/s1. The number of carbonyl (C=O) groups is 1. The van der Waals surface area contributed by atoms with E-state index >= 15 is 0 Å². The fourth-order valence-electron chi connectivity index (χ4n) is 3.30. The van der Waals surface area contributed by atoms with Gasteiger partial charge in [-0.2, -0.15) is 0 Å². The largest absolute Gasteiger partial charge is 0.444 e. The van der Waals surface area contributed by atoms with Crippen molar-refractivity contribution in [3.8, 4) is 0 Å². The van der Waals surface area contributed by atoms with Gasteiger partial charge in [0.1, 0.15) is 5.60 Å². The summed E-state index contributed by atoms with van der Waals surface area (Å²) in [6, 6.07) is 6.18. The third kappa shape index (κ3) is 3.01. The summed E-state index contributed by atoms with van der Waals surface area (Å²) in [6.07, 6.45) is 0.615. The number of fused-ring (bicyclic) bond motifs is 3. The molecule has 0 N–H and O–H groups in total. The average molecular weight is 368 g/mol. The molecule has 1 aliphatic heterocycles. The van der Waals surface area contributed by atoms with E-state index in [1.165, 1.54) is 11.1 Å². The molecular weight excluding hydrogens is 346 g/mol. The molecule has 0 bridgehead atoms. The zero-order valence-corrected chi connectivity index (χ0v) is 15.0. The summed E-state index contributed by atoms with van der Waals surface area (Å²) in [5.41, 5.74) is 1.92. The van der Waals surface area contributed by atoms with Crippen molar-refractivity contribution in [2.24, 2.45) is 0 Å².